The molecule has 1 aliphatic rings. The minimum atomic E-state index is -0.787. The molecule has 0 fully saturated rings. The first-order valence-electron chi connectivity index (χ1n) is 10.5. The van der Waals surface area contributed by atoms with Gasteiger partial charge in [0.05, 0.1) is 0 Å². The topological polar surface area (TPSA) is 75.6 Å². The van der Waals surface area contributed by atoms with Crippen molar-refractivity contribution >= 4 is 17.7 Å². The second-order valence-electron chi connectivity index (χ2n) is 7.71. The van der Waals surface area contributed by atoms with Gasteiger partial charge in [0, 0.05) is 18.0 Å². The zero-order valence-corrected chi connectivity index (χ0v) is 17.2. The van der Waals surface area contributed by atoms with Crippen molar-refractivity contribution in [1.82, 2.24) is 0 Å². The average Bonchev–Trinajstić information content (AvgIpc) is 3.10. The van der Waals surface area contributed by atoms with Crippen LogP contribution in [0.4, 0.5) is 10.5 Å². The summed E-state index contributed by atoms with van der Waals surface area (Å²) in [7, 11) is 0. The van der Waals surface area contributed by atoms with Crippen molar-refractivity contribution in [2.75, 3.05) is 11.9 Å². The molecular formula is C26H25NO4. The Labute approximate surface area is 181 Å². The smallest absolute Gasteiger partial charge is 0.411 e. The van der Waals surface area contributed by atoms with E-state index in [1.165, 1.54) is 22.3 Å². The number of rotatable bonds is 8. The monoisotopic (exact) mass is 415 g/mol. The highest BCUT2D eigenvalue weighted by molar-refractivity contribution is 5.86. The molecule has 0 heterocycles. The van der Waals surface area contributed by atoms with Gasteiger partial charge in [0.1, 0.15) is 6.61 Å². The van der Waals surface area contributed by atoms with Crippen LogP contribution in [-0.4, -0.2) is 23.8 Å². The number of benzene rings is 3. The Hall–Kier alpha value is -3.60. The Balaban J connectivity index is 1.39. The van der Waals surface area contributed by atoms with Crippen LogP contribution < -0.4 is 5.32 Å². The maximum absolute atomic E-state index is 12.6. The summed E-state index contributed by atoms with van der Waals surface area (Å²) in [5, 5.41) is 11.6. The number of aliphatic carboxylic acids is 1. The summed E-state index contributed by atoms with van der Waals surface area (Å²) in [6, 6.07) is 24.0. The molecule has 0 radical (unpaired) electrons. The van der Waals surface area contributed by atoms with E-state index in [0.29, 0.717) is 18.5 Å². The number of carbonyl (C=O) groups excluding carboxylic acids is 1. The quantitative estimate of drug-likeness (QED) is 0.453. The molecular weight excluding hydrogens is 390 g/mol. The number of anilines is 1. The predicted octanol–water partition coefficient (Wildman–Crippen LogP) is 5.85. The fourth-order valence-electron chi connectivity index (χ4n) is 4.20. The lowest BCUT2D eigenvalue weighted by Crippen LogP contribution is -2.18. The first-order chi connectivity index (χ1) is 15.1. The summed E-state index contributed by atoms with van der Waals surface area (Å²) in [4.78, 5) is 23.2. The SMILES string of the molecule is O=C(O)CCCCc1ccccc1NC(=O)OCC1c2ccccc2-c2ccccc21. The third-order valence-electron chi connectivity index (χ3n) is 5.68. The Kier molecular flexibility index (Phi) is 6.32. The first-order valence-corrected chi connectivity index (χ1v) is 10.5. The number of unbranched alkanes of at least 4 members (excludes halogenated alkanes) is 1. The molecule has 0 aliphatic heterocycles. The third kappa shape index (κ3) is 4.77. The highest BCUT2D eigenvalue weighted by Crippen LogP contribution is 2.44. The maximum Gasteiger partial charge on any atom is 0.411 e. The molecule has 0 unspecified atom stereocenters. The molecule has 1 aliphatic carbocycles. The van der Waals surface area contributed by atoms with Gasteiger partial charge in [-0.3, -0.25) is 10.1 Å². The third-order valence-corrected chi connectivity index (χ3v) is 5.68. The van der Waals surface area contributed by atoms with Crippen molar-refractivity contribution in [3.63, 3.8) is 0 Å². The van der Waals surface area contributed by atoms with E-state index in [-0.39, 0.29) is 18.9 Å². The number of carboxylic acids is 1. The van der Waals surface area contributed by atoms with Gasteiger partial charge in [0.15, 0.2) is 0 Å². The number of nitrogens with one attached hydrogen (secondary N) is 1. The van der Waals surface area contributed by atoms with Gasteiger partial charge in [-0.2, -0.15) is 0 Å². The van der Waals surface area contributed by atoms with Crippen LogP contribution in [0.1, 0.15) is 41.9 Å². The Bertz CT molecular complexity index is 1050. The van der Waals surface area contributed by atoms with Crippen molar-refractivity contribution < 1.29 is 19.4 Å². The van der Waals surface area contributed by atoms with Crippen molar-refractivity contribution in [3.8, 4) is 11.1 Å². The first kappa shape index (κ1) is 20.7. The maximum atomic E-state index is 12.6. The Morgan fingerprint density at radius 2 is 1.45 bits per heavy atom. The summed E-state index contributed by atoms with van der Waals surface area (Å²) >= 11 is 0. The zero-order chi connectivity index (χ0) is 21.6. The summed E-state index contributed by atoms with van der Waals surface area (Å²) in [5.41, 5.74) is 6.42. The largest absolute Gasteiger partial charge is 0.481 e. The van der Waals surface area contributed by atoms with E-state index in [1.54, 1.807) is 0 Å². The van der Waals surface area contributed by atoms with Crippen LogP contribution in [0.15, 0.2) is 72.8 Å². The number of fused-ring (bicyclic) bond motifs is 3. The van der Waals surface area contributed by atoms with Gasteiger partial charge in [-0.05, 0) is 53.1 Å². The van der Waals surface area contributed by atoms with Crippen molar-refractivity contribution in [2.45, 2.75) is 31.6 Å². The minimum absolute atomic E-state index is 0.0180. The van der Waals surface area contributed by atoms with Crippen molar-refractivity contribution in [1.29, 1.82) is 0 Å². The number of amides is 1. The van der Waals surface area contributed by atoms with Crippen molar-refractivity contribution in [3.05, 3.63) is 89.5 Å². The molecule has 31 heavy (non-hydrogen) atoms. The lowest BCUT2D eigenvalue weighted by molar-refractivity contribution is -0.137. The summed E-state index contributed by atoms with van der Waals surface area (Å²) in [6.07, 6.45) is 1.72. The molecule has 2 N–H and O–H groups in total. The van der Waals surface area contributed by atoms with Gasteiger partial charge in [-0.1, -0.05) is 66.7 Å². The Morgan fingerprint density at radius 3 is 2.13 bits per heavy atom. The van der Waals surface area contributed by atoms with E-state index >= 15 is 0 Å². The predicted molar refractivity (Wildman–Crippen MR) is 120 cm³/mol. The molecule has 3 aromatic carbocycles. The van der Waals surface area contributed by atoms with Crippen LogP contribution in [0.5, 0.6) is 0 Å². The lowest BCUT2D eigenvalue weighted by atomic mass is 9.98. The number of para-hydroxylation sites is 1. The van der Waals surface area contributed by atoms with E-state index in [0.717, 1.165) is 12.0 Å². The standard InChI is InChI=1S/C26H25NO4/c28-25(29)16-8-2-10-18-9-1-7-15-24(18)27-26(30)31-17-23-21-13-5-3-11-19(21)20-12-4-6-14-22(20)23/h1,3-7,9,11-15,23H,2,8,10,16-17H2,(H,27,30)(H,28,29). The normalized spacial score (nSPS) is 12.1. The number of hydrogen-bond acceptors (Lipinski definition) is 3. The second-order valence-corrected chi connectivity index (χ2v) is 7.71. The number of hydrogen-bond donors (Lipinski definition) is 2. The van der Waals surface area contributed by atoms with Crippen LogP contribution in [0.3, 0.4) is 0 Å². The number of carboxylic acid groups (broad SMARTS) is 1. The van der Waals surface area contributed by atoms with Gasteiger partial charge in [-0.15, -0.1) is 0 Å². The summed E-state index contributed by atoms with van der Waals surface area (Å²) in [5.74, 6) is -0.769. The van der Waals surface area contributed by atoms with Crippen LogP contribution in [0.2, 0.25) is 0 Å². The van der Waals surface area contributed by atoms with E-state index in [4.69, 9.17) is 9.84 Å². The van der Waals surface area contributed by atoms with Crippen LogP contribution in [-0.2, 0) is 16.0 Å². The summed E-state index contributed by atoms with van der Waals surface area (Å²) in [6.45, 7) is 0.265. The number of carbonyl (C=O) groups is 2. The second kappa shape index (κ2) is 9.47. The summed E-state index contributed by atoms with van der Waals surface area (Å²) < 4.78 is 5.63. The molecule has 158 valence electrons. The van der Waals surface area contributed by atoms with Gasteiger partial charge in [-0.25, -0.2) is 4.79 Å². The lowest BCUT2D eigenvalue weighted by Gasteiger charge is -2.15. The Morgan fingerprint density at radius 1 is 0.839 bits per heavy atom. The number of ether oxygens (including phenoxy) is 1. The van der Waals surface area contributed by atoms with E-state index < -0.39 is 12.1 Å². The van der Waals surface area contributed by atoms with Crippen LogP contribution >= 0.6 is 0 Å². The van der Waals surface area contributed by atoms with Crippen LogP contribution in [0.25, 0.3) is 11.1 Å². The molecule has 0 aromatic heterocycles. The van der Waals surface area contributed by atoms with Gasteiger partial charge in [0.2, 0.25) is 0 Å². The average molecular weight is 415 g/mol. The van der Waals surface area contributed by atoms with E-state index in [9.17, 15) is 9.59 Å². The molecule has 5 nitrogen and oxygen atoms in total. The van der Waals surface area contributed by atoms with Gasteiger partial charge >= 0.3 is 12.1 Å². The molecule has 0 saturated carbocycles. The fourth-order valence-corrected chi connectivity index (χ4v) is 4.20. The molecule has 4 rings (SSSR count). The molecule has 0 spiro atoms. The van der Waals surface area contributed by atoms with Crippen LogP contribution in [0, 0.1) is 0 Å². The molecule has 0 atom stereocenters. The number of aryl methyl sites for hydroxylation is 1. The molecule has 0 bridgehead atoms. The molecule has 5 heteroatoms. The van der Waals surface area contributed by atoms with E-state index in [1.807, 2.05) is 48.5 Å². The van der Waals surface area contributed by atoms with Crippen molar-refractivity contribution in [2.24, 2.45) is 0 Å². The zero-order valence-electron chi connectivity index (χ0n) is 17.2. The minimum Gasteiger partial charge on any atom is -0.481 e. The highest BCUT2D eigenvalue weighted by Gasteiger charge is 2.29. The fraction of sp³-hybridized carbons (Fsp3) is 0.231. The van der Waals surface area contributed by atoms with E-state index in [2.05, 4.69) is 29.6 Å². The molecule has 0 saturated heterocycles. The molecule has 1 amide bonds. The molecule has 3 aromatic rings. The van der Waals surface area contributed by atoms with Gasteiger partial charge in [0.25, 0.3) is 0 Å². The highest BCUT2D eigenvalue weighted by atomic mass is 16.5. The van der Waals surface area contributed by atoms with Gasteiger partial charge < -0.3 is 9.84 Å².